The molecular formula is C13H18ClN3O. The first-order valence-electron chi connectivity index (χ1n) is 6.32. The zero-order chi connectivity index (χ0) is 13.1. The topological polar surface area (TPSA) is 46.1 Å². The van der Waals surface area contributed by atoms with Crippen molar-refractivity contribution in [1.29, 1.82) is 0 Å². The first-order valence-corrected chi connectivity index (χ1v) is 6.69. The van der Waals surface area contributed by atoms with Crippen molar-refractivity contribution in [2.45, 2.75) is 38.6 Å². The fourth-order valence-electron chi connectivity index (χ4n) is 2.67. The maximum absolute atomic E-state index is 11.1. The van der Waals surface area contributed by atoms with Gasteiger partial charge < -0.3 is 4.90 Å². The van der Waals surface area contributed by atoms with Crippen molar-refractivity contribution >= 4 is 23.7 Å². The Labute approximate surface area is 112 Å². The van der Waals surface area contributed by atoms with Crippen LogP contribution in [0.4, 0.5) is 5.82 Å². The number of carbonyl (C=O) groups excluding carboxylic acids is 1. The summed E-state index contributed by atoms with van der Waals surface area (Å²) in [5.41, 5.74) is 0.389. The fourth-order valence-corrected chi connectivity index (χ4v) is 2.85. The van der Waals surface area contributed by atoms with Crippen molar-refractivity contribution in [2.75, 3.05) is 11.9 Å². The van der Waals surface area contributed by atoms with Gasteiger partial charge in [-0.15, -0.1) is 0 Å². The van der Waals surface area contributed by atoms with E-state index in [2.05, 4.69) is 21.8 Å². The van der Waals surface area contributed by atoms with Gasteiger partial charge in [-0.3, -0.25) is 4.79 Å². The Morgan fingerprint density at radius 3 is 2.89 bits per heavy atom. The van der Waals surface area contributed by atoms with Crippen molar-refractivity contribution in [1.82, 2.24) is 9.97 Å². The van der Waals surface area contributed by atoms with Crippen molar-refractivity contribution in [3.63, 3.8) is 0 Å². The van der Waals surface area contributed by atoms with Crippen LogP contribution in [0.3, 0.4) is 0 Å². The third-order valence-corrected chi connectivity index (χ3v) is 4.02. The molecule has 1 aromatic heterocycles. The van der Waals surface area contributed by atoms with Gasteiger partial charge in [-0.05, 0) is 18.8 Å². The SMILES string of the molecule is CC1CCCC(N(C)c2ncnc(Cl)c2C=O)C1. The molecule has 1 aromatic rings. The van der Waals surface area contributed by atoms with Gasteiger partial charge in [0.2, 0.25) is 0 Å². The number of rotatable bonds is 3. The van der Waals surface area contributed by atoms with Gasteiger partial charge in [0.15, 0.2) is 6.29 Å². The molecule has 1 saturated carbocycles. The lowest BCUT2D eigenvalue weighted by atomic mass is 9.86. The van der Waals surface area contributed by atoms with E-state index in [0.29, 0.717) is 17.4 Å². The van der Waals surface area contributed by atoms with Crippen LogP contribution in [0.1, 0.15) is 43.0 Å². The van der Waals surface area contributed by atoms with E-state index in [1.807, 2.05) is 7.05 Å². The van der Waals surface area contributed by atoms with Gasteiger partial charge in [0.25, 0.3) is 0 Å². The molecule has 0 spiro atoms. The standard InChI is InChI=1S/C13H18ClN3O/c1-9-4-3-5-10(6-9)17(2)13-11(7-18)12(14)15-8-16-13/h7-10H,3-6H2,1-2H3. The Bertz CT molecular complexity index is 438. The van der Waals surface area contributed by atoms with Crippen LogP contribution < -0.4 is 4.90 Å². The van der Waals surface area contributed by atoms with Crippen LogP contribution in [-0.2, 0) is 0 Å². The molecule has 1 aliphatic rings. The minimum atomic E-state index is 0.228. The molecule has 2 atom stereocenters. The van der Waals surface area contributed by atoms with Gasteiger partial charge in [0.05, 0.1) is 5.56 Å². The van der Waals surface area contributed by atoms with Crippen LogP contribution >= 0.6 is 11.6 Å². The minimum absolute atomic E-state index is 0.228. The van der Waals surface area contributed by atoms with Crippen molar-refractivity contribution < 1.29 is 4.79 Å². The summed E-state index contributed by atoms with van der Waals surface area (Å²) in [5.74, 6) is 1.37. The second-order valence-corrected chi connectivity index (χ2v) is 5.41. The quantitative estimate of drug-likeness (QED) is 0.624. The molecule has 0 amide bonds. The molecule has 0 radical (unpaired) electrons. The van der Waals surface area contributed by atoms with Crippen molar-refractivity contribution in [3.8, 4) is 0 Å². The number of carbonyl (C=O) groups is 1. The van der Waals surface area contributed by atoms with Crippen LogP contribution in [-0.4, -0.2) is 29.3 Å². The maximum Gasteiger partial charge on any atom is 0.156 e. The minimum Gasteiger partial charge on any atom is -0.356 e. The summed E-state index contributed by atoms with van der Waals surface area (Å²) >= 11 is 5.93. The van der Waals surface area contributed by atoms with Crippen LogP contribution in [0.2, 0.25) is 5.15 Å². The molecule has 2 rings (SSSR count). The number of halogens is 1. The predicted molar refractivity (Wildman–Crippen MR) is 72.3 cm³/mol. The van der Waals surface area contributed by atoms with E-state index in [1.165, 1.54) is 19.2 Å². The Morgan fingerprint density at radius 1 is 1.44 bits per heavy atom. The molecule has 4 nitrogen and oxygen atoms in total. The van der Waals surface area contributed by atoms with Gasteiger partial charge in [0.1, 0.15) is 17.3 Å². The number of aromatic nitrogens is 2. The third-order valence-electron chi connectivity index (χ3n) is 3.72. The van der Waals surface area contributed by atoms with Gasteiger partial charge in [-0.25, -0.2) is 9.97 Å². The fraction of sp³-hybridized carbons (Fsp3) is 0.615. The molecule has 1 fully saturated rings. The summed E-state index contributed by atoms with van der Waals surface area (Å²) in [6.07, 6.45) is 6.94. The predicted octanol–water partition coefficient (Wildman–Crippen LogP) is 2.96. The zero-order valence-electron chi connectivity index (χ0n) is 10.8. The largest absolute Gasteiger partial charge is 0.356 e. The lowest BCUT2D eigenvalue weighted by Gasteiger charge is -2.35. The first kappa shape index (κ1) is 13.3. The van der Waals surface area contributed by atoms with E-state index < -0.39 is 0 Å². The molecular weight excluding hydrogens is 250 g/mol. The summed E-state index contributed by atoms with van der Waals surface area (Å²) in [6, 6.07) is 0.429. The monoisotopic (exact) mass is 267 g/mol. The highest BCUT2D eigenvalue weighted by molar-refractivity contribution is 6.32. The highest BCUT2D eigenvalue weighted by atomic mass is 35.5. The summed E-state index contributed by atoms with van der Waals surface area (Å²) in [5, 5.41) is 0.228. The van der Waals surface area contributed by atoms with E-state index in [0.717, 1.165) is 25.0 Å². The number of aldehydes is 1. The molecule has 5 heteroatoms. The molecule has 18 heavy (non-hydrogen) atoms. The Balaban J connectivity index is 2.25. The lowest BCUT2D eigenvalue weighted by molar-refractivity contribution is 0.112. The maximum atomic E-state index is 11.1. The van der Waals surface area contributed by atoms with E-state index in [4.69, 9.17) is 11.6 Å². The highest BCUT2D eigenvalue weighted by Gasteiger charge is 2.25. The number of hydrogen-bond donors (Lipinski definition) is 0. The number of nitrogens with zero attached hydrogens (tertiary/aromatic N) is 3. The highest BCUT2D eigenvalue weighted by Crippen LogP contribution is 2.30. The summed E-state index contributed by atoms with van der Waals surface area (Å²) in [4.78, 5) is 21.2. The molecule has 2 unspecified atom stereocenters. The normalized spacial score (nSPS) is 23.7. The summed E-state index contributed by atoms with van der Waals surface area (Å²) in [6.45, 7) is 2.27. The van der Waals surface area contributed by atoms with E-state index in [1.54, 1.807) is 0 Å². The van der Waals surface area contributed by atoms with Crippen LogP contribution in [0.25, 0.3) is 0 Å². The Hall–Kier alpha value is -1.16. The third kappa shape index (κ3) is 2.64. The number of anilines is 1. The molecule has 0 aliphatic heterocycles. The average Bonchev–Trinajstić information content (AvgIpc) is 2.37. The van der Waals surface area contributed by atoms with Crippen LogP contribution in [0.15, 0.2) is 6.33 Å². The Kier molecular flexibility index (Phi) is 4.17. The van der Waals surface area contributed by atoms with Crippen LogP contribution in [0.5, 0.6) is 0 Å². The van der Waals surface area contributed by atoms with Crippen LogP contribution in [0, 0.1) is 5.92 Å². The van der Waals surface area contributed by atoms with Gasteiger partial charge in [0, 0.05) is 13.1 Å². The molecule has 1 heterocycles. The number of hydrogen-bond acceptors (Lipinski definition) is 4. The van der Waals surface area contributed by atoms with Gasteiger partial charge in [-0.2, -0.15) is 0 Å². The van der Waals surface area contributed by atoms with Crippen molar-refractivity contribution in [3.05, 3.63) is 17.0 Å². The average molecular weight is 268 g/mol. The van der Waals surface area contributed by atoms with E-state index in [9.17, 15) is 4.79 Å². The zero-order valence-corrected chi connectivity index (χ0v) is 11.5. The second kappa shape index (κ2) is 5.65. The summed E-state index contributed by atoms with van der Waals surface area (Å²) < 4.78 is 0. The molecule has 98 valence electrons. The van der Waals surface area contributed by atoms with Gasteiger partial charge in [-0.1, -0.05) is 31.4 Å². The smallest absolute Gasteiger partial charge is 0.156 e. The molecule has 1 aliphatic carbocycles. The molecule has 0 aromatic carbocycles. The molecule has 0 saturated heterocycles. The first-order chi connectivity index (χ1) is 8.63. The second-order valence-electron chi connectivity index (χ2n) is 5.06. The van der Waals surface area contributed by atoms with E-state index >= 15 is 0 Å². The lowest BCUT2D eigenvalue weighted by Crippen LogP contribution is -2.36. The van der Waals surface area contributed by atoms with E-state index in [-0.39, 0.29) is 5.15 Å². The van der Waals surface area contributed by atoms with Crippen molar-refractivity contribution in [2.24, 2.45) is 5.92 Å². The molecule has 0 N–H and O–H groups in total. The summed E-state index contributed by atoms with van der Waals surface area (Å²) in [7, 11) is 1.98. The Morgan fingerprint density at radius 2 is 2.22 bits per heavy atom. The van der Waals surface area contributed by atoms with Gasteiger partial charge >= 0.3 is 0 Å². The molecule has 0 bridgehead atoms.